The highest BCUT2D eigenvalue weighted by atomic mass is 16.5. The van der Waals surface area contributed by atoms with Crippen molar-refractivity contribution in [2.45, 2.75) is 0 Å². The van der Waals surface area contributed by atoms with E-state index in [4.69, 9.17) is 10.5 Å². The summed E-state index contributed by atoms with van der Waals surface area (Å²) in [4.78, 5) is 14.9. The number of nitrogens with zero attached hydrogens (tertiary/aromatic N) is 4. The number of rotatable bonds is 6. The van der Waals surface area contributed by atoms with Gasteiger partial charge in [-0.15, -0.1) is 0 Å². The van der Waals surface area contributed by atoms with E-state index in [1.165, 1.54) is 0 Å². The van der Waals surface area contributed by atoms with E-state index in [0.29, 0.717) is 23.1 Å². The highest BCUT2D eigenvalue weighted by molar-refractivity contribution is 5.65. The summed E-state index contributed by atoms with van der Waals surface area (Å²) in [5, 5.41) is 3.19. The number of pyridine rings is 1. The molecule has 2 aromatic heterocycles. The van der Waals surface area contributed by atoms with E-state index in [2.05, 4.69) is 25.2 Å². The maximum absolute atomic E-state index is 5.85. The van der Waals surface area contributed by atoms with Crippen molar-refractivity contribution in [1.82, 2.24) is 19.9 Å². The van der Waals surface area contributed by atoms with Crippen molar-refractivity contribution < 1.29 is 4.74 Å². The van der Waals surface area contributed by atoms with Crippen LogP contribution in [0.4, 0.5) is 11.6 Å². The molecule has 0 unspecified atom stereocenters. The second kappa shape index (κ2) is 6.85. The number of likely N-dealkylation sites (N-methyl/N-ethyl adjacent to an activating group) is 1. The lowest BCUT2D eigenvalue weighted by atomic mass is 10.2. The highest BCUT2D eigenvalue weighted by Gasteiger charge is 2.07. The van der Waals surface area contributed by atoms with Gasteiger partial charge in [0.25, 0.3) is 0 Å². The zero-order chi connectivity index (χ0) is 15.2. The zero-order valence-electron chi connectivity index (χ0n) is 12.5. The third-order valence-electron chi connectivity index (χ3n) is 2.90. The van der Waals surface area contributed by atoms with Crippen LogP contribution < -0.4 is 15.8 Å². The lowest BCUT2D eigenvalue weighted by molar-refractivity contribution is 0.413. The summed E-state index contributed by atoms with van der Waals surface area (Å²) >= 11 is 0. The Morgan fingerprint density at radius 2 is 2.10 bits per heavy atom. The Balaban J connectivity index is 2.20. The molecule has 0 radical (unpaired) electrons. The molecule has 7 nitrogen and oxygen atoms in total. The molecule has 2 heterocycles. The van der Waals surface area contributed by atoms with Crippen molar-refractivity contribution >= 4 is 11.6 Å². The Hall–Kier alpha value is -2.41. The maximum Gasteiger partial charge on any atom is 0.169 e. The largest absolute Gasteiger partial charge is 0.495 e. The molecule has 0 bridgehead atoms. The SMILES string of the molecule is COc1cncc(-c2cnc(N)c(NCCN(C)C)n2)c1. The van der Waals surface area contributed by atoms with Gasteiger partial charge in [0.05, 0.1) is 25.2 Å². The first kappa shape index (κ1) is 15.0. The fraction of sp³-hybridized carbons (Fsp3) is 0.357. The summed E-state index contributed by atoms with van der Waals surface area (Å²) in [7, 11) is 5.62. The normalized spacial score (nSPS) is 10.7. The van der Waals surface area contributed by atoms with Crippen LogP contribution in [-0.2, 0) is 0 Å². The van der Waals surface area contributed by atoms with E-state index in [9.17, 15) is 0 Å². The Kier molecular flexibility index (Phi) is 4.89. The minimum absolute atomic E-state index is 0.383. The molecular formula is C14H20N6O. The first-order valence-corrected chi connectivity index (χ1v) is 6.60. The number of anilines is 2. The topological polar surface area (TPSA) is 89.2 Å². The van der Waals surface area contributed by atoms with E-state index in [1.54, 1.807) is 25.7 Å². The van der Waals surface area contributed by atoms with Gasteiger partial charge in [0, 0.05) is 24.8 Å². The number of hydrogen-bond acceptors (Lipinski definition) is 7. The van der Waals surface area contributed by atoms with Crippen molar-refractivity contribution in [3.05, 3.63) is 24.7 Å². The van der Waals surface area contributed by atoms with E-state index < -0.39 is 0 Å². The summed E-state index contributed by atoms with van der Waals surface area (Å²) in [5.41, 5.74) is 7.38. The van der Waals surface area contributed by atoms with E-state index >= 15 is 0 Å². The first-order chi connectivity index (χ1) is 10.1. The molecule has 0 spiro atoms. The second-order valence-corrected chi connectivity index (χ2v) is 4.83. The first-order valence-electron chi connectivity index (χ1n) is 6.60. The summed E-state index contributed by atoms with van der Waals surface area (Å²) < 4.78 is 5.17. The average molecular weight is 288 g/mol. The second-order valence-electron chi connectivity index (χ2n) is 4.83. The quantitative estimate of drug-likeness (QED) is 0.822. The molecule has 0 aliphatic rings. The number of hydrogen-bond donors (Lipinski definition) is 2. The number of aromatic nitrogens is 3. The monoisotopic (exact) mass is 288 g/mol. The fourth-order valence-corrected chi connectivity index (χ4v) is 1.74. The zero-order valence-corrected chi connectivity index (χ0v) is 12.5. The van der Waals surface area contributed by atoms with Gasteiger partial charge in [-0.1, -0.05) is 0 Å². The van der Waals surface area contributed by atoms with Gasteiger partial charge in [-0.3, -0.25) is 4.98 Å². The van der Waals surface area contributed by atoms with Crippen molar-refractivity contribution in [1.29, 1.82) is 0 Å². The molecule has 0 saturated carbocycles. The minimum Gasteiger partial charge on any atom is -0.495 e. The molecule has 2 rings (SSSR count). The van der Waals surface area contributed by atoms with Gasteiger partial charge in [-0.05, 0) is 20.2 Å². The Labute approximate surface area is 124 Å². The molecule has 2 aromatic rings. The van der Waals surface area contributed by atoms with Gasteiger partial charge in [-0.25, -0.2) is 9.97 Å². The van der Waals surface area contributed by atoms with Gasteiger partial charge in [0.15, 0.2) is 11.6 Å². The Morgan fingerprint density at radius 3 is 2.81 bits per heavy atom. The Bertz CT molecular complexity index is 602. The van der Waals surface area contributed by atoms with Crippen LogP contribution in [-0.4, -0.2) is 54.1 Å². The molecule has 7 heteroatoms. The van der Waals surface area contributed by atoms with E-state index in [1.807, 2.05) is 20.2 Å². The minimum atomic E-state index is 0.383. The molecule has 21 heavy (non-hydrogen) atoms. The van der Waals surface area contributed by atoms with Crippen molar-refractivity contribution in [2.24, 2.45) is 0 Å². The van der Waals surface area contributed by atoms with Crippen LogP contribution >= 0.6 is 0 Å². The summed E-state index contributed by atoms with van der Waals surface area (Å²) in [6.07, 6.45) is 4.99. The third kappa shape index (κ3) is 4.03. The molecule has 112 valence electrons. The standard InChI is InChI=1S/C14H20N6O/c1-20(2)5-4-17-14-13(15)18-9-12(19-14)10-6-11(21-3)8-16-7-10/h6-9H,4-5H2,1-3H3,(H2,15,18)(H,17,19). The predicted molar refractivity (Wildman–Crippen MR) is 83.3 cm³/mol. The van der Waals surface area contributed by atoms with Crippen molar-refractivity contribution in [3.63, 3.8) is 0 Å². The lowest BCUT2D eigenvalue weighted by Gasteiger charge is -2.12. The van der Waals surface area contributed by atoms with Crippen LogP contribution in [0.1, 0.15) is 0 Å². The fourth-order valence-electron chi connectivity index (χ4n) is 1.74. The lowest BCUT2D eigenvalue weighted by Crippen LogP contribution is -2.21. The molecule has 0 saturated heterocycles. The van der Waals surface area contributed by atoms with Gasteiger partial charge < -0.3 is 20.7 Å². The smallest absolute Gasteiger partial charge is 0.169 e. The average Bonchev–Trinajstić information content (AvgIpc) is 2.49. The van der Waals surface area contributed by atoms with Crippen molar-refractivity contribution in [2.75, 3.05) is 45.3 Å². The van der Waals surface area contributed by atoms with Gasteiger partial charge in [0.2, 0.25) is 0 Å². The van der Waals surface area contributed by atoms with Crippen LogP contribution in [0.15, 0.2) is 24.7 Å². The predicted octanol–water partition coefficient (Wildman–Crippen LogP) is 1.10. The number of ether oxygens (including phenoxy) is 1. The number of nitrogens with two attached hydrogens (primary N) is 1. The Morgan fingerprint density at radius 1 is 1.29 bits per heavy atom. The summed E-state index contributed by atoms with van der Waals surface area (Å²) in [5.74, 6) is 1.64. The molecular weight excluding hydrogens is 268 g/mol. The van der Waals surface area contributed by atoms with Crippen LogP contribution in [0, 0.1) is 0 Å². The third-order valence-corrected chi connectivity index (χ3v) is 2.90. The van der Waals surface area contributed by atoms with E-state index in [0.717, 1.165) is 18.7 Å². The van der Waals surface area contributed by atoms with Crippen LogP contribution in [0.5, 0.6) is 5.75 Å². The summed E-state index contributed by atoms with van der Waals surface area (Å²) in [6.45, 7) is 1.62. The van der Waals surface area contributed by atoms with Crippen LogP contribution in [0.25, 0.3) is 11.3 Å². The van der Waals surface area contributed by atoms with Crippen LogP contribution in [0.3, 0.4) is 0 Å². The van der Waals surface area contributed by atoms with Crippen molar-refractivity contribution in [3.8, 4) is 17.0 Å². The highest BCUT2D eigenvalue weighted by Crippen LogP contribution is 2.23. The molecule has 0 aliphatic heterocycles. The molecule has 0 aliphatic carbocycles. The van der Waals surface area contributed by atoms with Gasteiger partial charge in [-0.2, -0.15) is 0 Å². The molecule has 0 fully saturated rings. The molecule has 0 amide bonds. The van der Waals surface area contributed by atoms with E-state index in [-0.39, 0.29) is 0 Å². The summed E-state index contributed by atoms with van der Waals surface area (Å²) in [6, 6.07) is 1.86. The van der Waals surface area contributed by atoms with Crippen LogP contribution in [0.2, 0.25) is 0 Å². The molecule has 3 N–H and O–H groups in total. The number of nitrogens with one attached hydrogen (secondary N) is 1. The van der Waals surface area contributed by atoms with Gasteiger partial charge >= 0.3 is 0 Å². The maximum atomic E-state index is 5.85. The molecule has 0 atom stereocenters. The number of methoxy groups -OCH3 is 1. The van der Waals surface area contributed by atoms with Gasteiger partial charge in [0.1, 0.15) is 5.75 Å². The number of nitrogen functional groups attached to an aromatic ring is 1. The molecule has 0 aromatic carbocycles.